The predicted octanol–water partition coefficient (Wildman–Crippen LogP) is 1.85. The molecule has 4 nitrogen and oxygen atoms in total. The first-order valence-corrected chi connectivity index (χ1v) is 6.11. The minimum atomic E-state index is 0.113. The van der Waals surface area contributed by atoms with Crippen LogP contribution in [0.5, 0.6) is 11.5 Å². The van der Waals surface area contributed by atoms with Gasteiger partial charge in [0.2, 0.25) is 0 Å². The normalized spacial score (nSPS) is 27.8. The fourth-order valence-electron chi connectivity index (χ4n) is 2.19. The van der Waals surface area contributed by atoms with Crippen molar-refractivity contribution in [1.29, 1.82) is 0 Å². The molecule has 1 aromatic carbocycles. The highest BCUT2D eigenvalue weighted by atomic mass is 16.5. The van der Waals surface area contributed by atoms with Crippen molar-refractivity contribution in [3.8, 4) is 11.5 Å². The Kier molecular flexibility index (Phi) is 2.91. The minimum absolute atomic E-state index is 0.113. The first kappa shape index (κ1) is 10.9. The second kappa shape index (κ2) is 4.55. The molecular weight excluding hydrogens is 218 g/mol. The van der Waals surface area contributed by atoms with Gasteiger partial charge < -0.3 is 14.2 Å². The number of fused-ring (bicyclic) bond motifs is 1. The molecule has 2 atom stereocenters. The molecule has 17 heavy (non-hydrogen) atoms. The molecule has 0 amide bonds. The summed E-state index contributed by atoms with van der Waals surface area (Å²) in [6.07, 6.45) is 1.17. The number of nitrogens with one attached hydrogen (secondary N) is 1. The highest BCUT2D eigenvalue weighted by molar-refractivity contribution is 5.44. The standard InChI is InChI=1S/C13H17NO3/c1-9-14-8-13(17-9)10-3-4-11-12(7-10)16-6-2-5-15-11/h3-4,7,9,13-14H,2,5-6,8H2,1H3. The zero-order valence-electron chi connectivity index (χ0n) is 9.94. The Morgan fingerprint density at radius 2 is 2.00 bits per heavy atom. The summed E-state index contributed by atoms with van der Waals surface area (Å²) in [6.45, 7) is 4.31. The van der Waals surface area contributed by atoms with Crippen molar-refractivity contribution >= 4 is 0 Å². The van der Waals surface area contributed by atoms with Crippen molar-refractivity contribution in [2.24, 2.45) is 0 Å². The van der Waals surface area contributed by atoms with E-state index in [0.29, 0.717) is 0 Å². The van der Waals surface area contributed by atoms with E-state index in [1.165, 1.54) is 0 Å². The Bertz CT molecular complexity index is 408. The lowest BCUT2D eigenvalue weighted by molar-refractivity contribution is 0.0528. The molecule has 1 aromatic rings. The molecular formula is C13H17NO3. The summed E-state index contributed by atoms with van der Waals surface area (Å²) in [4.78, 5) is 0. The molecule has 2 heterocycles. The Morgan fingerprint density at radius 3 is 2.76 bits per heavy atom. The van der Waals surface area contributed by atoms with Gasteiger partial charge in [0, 0.05) is 13.0 Å². The highest BCUT2D eigenvalue weighted by Crippen LogP contribution is 2.34. The summed E-state index contributed by atoms with van der Waals surface area (Å²) < 4.78 is 17.0. The topological polar surface area (TPSA) is 39.7 Å². The summed E-state index contributed by atoms with van der Waals surface area (Å²) in [5.74, 6) is 1.67. The number of ether oxygens (including phenoxy) is 3. The van der Waals surface area contributed by atoms with Crippen molar-refractivity contribution < 1.29 is 14.2 Å². The second-order valence-corrected chi connectivity index (χ2v) is 4.43. The largest absolute Gasteiger partial charge is 0.490 e. The average molecular weight is 235 g/mol. The van der Waals surface area contributed by atoms with Crippen LogP contribution in [-0.4, -0.2) is 26.0 Å². The van der Waals surface area contributed by atoms with Gasteiger partial charge in [-0.25, -0.2) is 0 Å². The summed E-state index contributed by atoms with van der Waals surface area (Å²) in [6, 6.07) is 6.06. The molecule has 1 fully saturated rings. The zero-order valence-corrected chi connectivity index (χ0v) is 9.94. The maximum absolute atomic E-state index is 5.76. The van der Waals surface area contributed by atoms with E-state index < -0.39 is 0 Å². The van der Waals surface area contributed by atoms with Gasteiger partial charge in [0.15, 0.2) is 11.5 Å². The number of hydrogen-bond acceptors (Lipinski definition) is 4. The summed E-state index contributed by atoms with van der Waals surface area (Å²) in [5, 5.41) is 3.27. The molecule has 3 rings (SSSR count). The van der Waals surface area contributed by atoms with E-state index in [1.807, 2.05) is 19.1 Å². The summed E-state index contributed by atoms with van der Waals surface area (Å²) in [5.41, 5.74) is 1.14. The predicted molar refractivity (Wildman–Crippen MR) is 63.3 cm³/mol. The molecule has 0 spiro atoms. The monoisotopic (exact) mass is 235 g/mol. The van der Waals surface area contributed by atoms with Crippen LogP contribution in [0.1, 0.15) is 25.0 Å². The lowest BCUT2D eigenvalue weighted by Gasteiger charge is -2.13. The maximum atomic E-state index is 5.76. The quantitative estimate of drug-likeness (QED) is 0.806. The highest BCUT2D eigenvalue weighted by Gasteiger charge is 2.24. The van der Waals surface area contributed by atoms with Crippen molar-refractivity contribution in [3.63, 3.8) is 0 Å². The maximum Gasteiger partial charge on any atom is 0.161 e. The molecule has 0 saturated carbocycles. The number of benzene rings is 1. The molecule has 2 unspecified atom stereocenters. The van der Waals surface area contributed by atoms with Crippen LogP contribution < -0.4 is 14.8 Å². The van der Waals surface area contributed by atoms with Crippen LogP contribution in [0.15, 0.2) is 18.2 Å². The second-order valence-electron chi connectivity index (χ2n) is 4.43. The smallest absolute Gasteiger partial charge is 0.161 e. The van der Waals surface area contributed by atoms with E-state index in [9.17, 15) is 0 Å². The lowest BCUT2D eigenvalue weighted by atomic mass is 10.1. The van der Waals surface area contributed by atoms with Gasteiger partial charge in [-0.1, -0.05) is 6.07 Å². The van der Waals surface area contributed by atoms with E-state index >= 15 is 0 Å². The first-order chi connectivity index (χ1) is 8.33. The fourth-order valence-corrected chi connectivity index (χ4v) is 2.19. The molecule has 0 radical (unpaired) electrons. The van der Waals surface area contributed by atoms with Gasteiger partial charge in [-0.2, -0.15) is 0 Å². The Balaban J connectivity index is 1.84. The lowest BCUT2D eigenvalue weighted by Crippen LogP contribution is -2.17. The van der Waals surface area contributed by atoms with Crippen molar-refractivity contribution in [3.05, 3.63) is 23.8 Å². The molecule has 1 N–H and O–H groups in total. The third kappa shape index (κ3) is 2.23. The molecule has 0 bridgehead atoms. The van der Waals surface area contributed by atoms with Crippen LogP contribution in [0.4, 0.5) is 0 Å². The molecule has 2 aliphatic heterocycles. The SMILES string of the molecule is CC1NCC(c2ccc3c(c2)OCCCO3)O1. The van der Waals surface area contributed by atoms with Gasteiger partial charge in [0.1, 0.15) is 6.23 Å². The number of hydrogen-bond donors (Lipinski definition) is 1. The van der Waals surface area contributed by atoms with Crippen LogP contribution in [0.2, 0.25) is 0 Å². The minimum Gasteiger partial charge on any atom is -0.490 e. The summed E-state index contributed by atoms with van der Waals surface area (Å²) in [7, 11) is 0. The van der Waals surface area contributed by atoms with Crippen molar-refractivity contribution in [1.82, 2.24) is 5.32 Å². The van der Waals surface area contributed by atoms with Gasteiger partial charge in [-0.3, -0.25) is 5.32 Å². The van der Waals surface area contributed by atoms with E-state index in [2.05, 4.69) is 11.4 Å². The van der Waals surface area contributed by atoms with Gasteiger partial charge in [-0.15, -0.1) is 0 Å². The van der Waals surface area contributed by atoms with Crippen LogP contribution in [0.3, 0.4) is 0 Å². The van der Waals surface area contributed by atoms with Gasteiger partial charge in [-0.05, 0) is 24.6 Å². The third-order valence-electron chi connectivity index (χ3n) is 3.10. The van der Waals surface area contributed by atoms with E-state index in [-0.39, 0.29) is 12.3 Å². The van der Waals surface area contributed by atoms with Crippen LogP contribution in [0.25, 0.3) is 0 Å². The van der Waals surface area contributed by atoms with E-state index in [0.717, 1.165) is 43.2 Å². The van der Waals surface area contributed by atoms with Crippen LogP contribution in [0, 0.1) is 0 Å². The van der Waals surface area contributed by atoms with Crippen molar-refractivity contribution in [2.75, 3.05) is 19.8 Å². The van der Waals surface area contributed by atoms with E-state index in [1.54, 1.807) is 0 Å². The molecule has 4 heteroatoms. The molecule has 1 saturated heterocycles. The van der Waals surface area contributed by atoms with Gasteiger partial charge in [0.25, 0.3) is 0 Å². The van der Waals surface area contributed by atoms with Gasteiger partial charge in [0.05, 0.1) is 19.3 Å². The van der Waals surface area contributed by atoms with Crippen molar-refractivity contribution in [2.45, 2.75) is 25.7 Å². The van der Waals surface area contributed by atoms with Crippen LogP contribution >= 0.6 is 0 Å². The molecule has 0 aliphatic carbocycles. The molecule has 92 valence electrons. The molecule has 2 aliphatic rings. The first-order valence-electron chi connectivity index (χ1n) is 6.11. The zero-order chi connectivity index (χ0) is 11.7. The van der Waals surface area contributed by atoms with Gasteiger partial charge >= 0.3 is 0 Å². The number of rotatable bonds is 1. The Labute approximate surface area is 101 Å². The average Bonchev–Trinajstić information content (AvgIpc) is 2.64. The van der Waals surface area contributed by atoms with E-state index in [4.69, 9.17) is 14.2 Å². The summed E-state index contributed by atoms with van der Waals surface area (Å²) >= 11 is 0. The third-order valence-corrected chi connectivity index (χ3v) is 3.10. The van der Waals surface area contributed by atoms with Crippen LogP contribution in [-0.2, 0) is 4.74 Å². The molecule has 0 aromatic heterocycles. The Hall–Kier alpha value is -1.26. The Morgan fingerprint density at radius 1 is 1.18 bits per heavy atom. The fraction of sp³-hybridized carbons (Fsp3) is 0.538.